The summed E-state index contributed by atoms with van der Waals surface area (Å²) in [5.41, 5.74) is -0.858. The van der Waals surface area contributed by atoms with Crippen molar-refractivity contribution in [2.75, 3.05) is 5.32 Å². The number of amides is 3. The van der Waals surface area contributed by atoms with Crippen LogP contribution in [0.25, 0.3) is 0 Å². The van der Waals surface area contributed by atoms with Crippen LogP contribution in [0.1, 0.15) is 15.9 Å². The van der Waals surface area contributed by atoms with E-state index in [1.54, 1.807) is 0 Å². The number of nitrogens with one attached hydrogen (secondary N) is 2. The number of hydrogen-bond acceptors (Lipinski definition) is 4. The smallest absolute Gasteiger partial charge is 0.306 e. The molecule has 0 bridgehead atoms. The van der Waals surface area contributed by atoms with Gasteiger partial charge in [0.05, 0.1) is 33.1 Å². The van der Waals surface area contributed by atoms with Gasteiger partial charge in [-0.1, -0.05) is 35.3 Å². The normalized spacial score (nSPS) is 12.2. The quantitative estimate of drug-likeness (QED) is 0.491. The molecule has 0 aliphatic heterocycles. The zero-order chi connectivity index (χ0) is 23.5. The first-order chi connectivity index (χ1) is 15.1. The molecule has 0 saturated heterocycles. The molecular formula is C20H12Cl2F3N3O3S. The molecule has 2 aromatic carbocycles. The van der Waals surface area contributed by atoms with Crippen LogP contribution in [-0.4, -0.2) is 21.1 Å². The zero-order valence-electron chi connectivity index (χ0n) is 15.7. The lowest BCUT2D eigenvalue weighted by atomic mass is 10.2. The van der Waals surface area contributed by atoms with Crippen LogP contribution in [0.3, 0.4) is 0 Å². The summed E-state index contributed by atoms with van der Waals surface area (Å²) in [5, 5.41) is 4.51. The second-order valence-corrected chi connectivity index (χ2v) is 8.43. The maximum atomic E-state index is 12.9. The number of carbonyl (C=O) groups excluding carboxylic acids is 2. The lowest BCUT2D eigenvalue weighted by Gasteiger charge is -2.10. The van der Waals surface area contributed by atoms with E-state index < -0.39 is 34.5 Å². The van der Waals surface area contributed by atoms with Crippen LogP contribution in [0.4, 0.5) is 23.7 Å². The number of aromatic nitrogens is 1. The van der Waals surface area contributed by atoms with E-state index in [1.807, 2.05) is 0 Å². The Hall–Kier alpha value is -2.95. The summed E-state index contributed by atoms with van der Waals surface area (Å²) < 4.78 is 51.1. The highest BCUT2D eigenvalue weighted by atomic mass is 35.5. The molecule has 0 radical (unpaired) electrons. The van der Waals surface area contributed by atoms with Crippen LogP contribution in [-0.2, 0) is 17.0 Å². The summed E-state index contributed by atoms with van der Waals surface area (Å²) in [6.45, 7) is 0. The van der Waals surface area contributed by atoms with Crippen LogP contribution >= 0.6 is 23.2 Å². The van der Waals surface area contributed by atoms with Crippen molar-refractivity contribution in [3.8, 4) is 0 Å². The Morgan fingerprint density at radius 3 is 2.22 bits per heavy atom. The van der Waals surface area contributed by atoms with E-state index >= 15 is 0 Å². The molecule has 3 aromatic rings. The first-order valence-corrected chi connectivity index (χ1v) is 10.6. The Kier molecular flexibility index (Phi) is 7.17. The molecule has 1 unspecified atom stereocenters. The number of benzene rings is 2. The highest BCUT2D eigenvalue weighted by Gasteiger charge is 2.31. The Morgan fingerprint density at radius 1 is 0.969 bits per heavy atom. The number of hydrogen-bond donors (Lipinski definition) is 2. The van der Waals surface area contributed by atoms with Gasteiger partial charge in [-0.25, -0.2) is 14.0 Å². The first kappa shape index (κ1) is 23.7. The van der Waals surface area contributed by atoms with Crippen LogP contribution in [0.2, 0.25) is 10.0 Å². The number of halogens is 5. The van der Waals surface area contributed by atoms with Crippen LogP contribution in [0, 0.1) is 0 Å². The molecule has 1 atom stereocenters. The van der Waals surface area contributed by atoms with Gasteiger partial charge in [-0.15, -0.1) is 0 Å². The highest BCUT2D eigenvalue weighted by Crippen LogP contribution is 2.31. The lowest BCUT2D eigenvalue weighted by molar-refractivity contribution is -0.137. The fourth-order valence-corrected chi connectivity index (χ4v) is 4.10. The van der Waals surface area contributed by atoms with Gasteiger partial charge in [0.15, 0.2) is 0 Å². The minimum absolute atomic E-state index is 0.0193. The molecule has 32 heavy (non-hydrogen) atoms. The molecule has 0 fully saturated rings. The minimum atomic E-state index is -4.57. The second-order valence-electron chi connectivity index (χ2n) is 6.18. The lowest BCUT2D eigenvalue weighted by Crippen LogP contribution is -2.34. The molecule has 1 aromatic heterocycles. The van der Waals surface area contributed by atoms with E-state index in [1.165, 1.54) is 36.4 Å². The Morgan fingerprint density at radius 2 is 1.62 bits per heavy atom. The van der Waals surface area contributed by atoms with E-state index in [2.05, 4.69) is 15.6 Å². The third-order valence-electron chi connectivity index (χ3n) is 3.98. The Balaban J connectivity index is 1.68. The van der Waals surface area contributed by atoms with Crippen molar-refractivity contribution in [2.45, 2.75) is 16.1 Å². The van der Waals surface area contributed by atoms with Gasteiger partial charge in [0, 0.05) is 4.90 Å². The van der Waals surface area contributed by atoms with Crippen molar-refractivity contribution in [1.82, 2.24) is 10.3 Å². The van der Waals surface area contributed by atoms with Crippen molar-refractivity contribution in [3.05, 3.63) is 82.0 Å². The number of imide groups is 1. The average Bonchev–Trinajstić information content (AvgIpc) is 2.73. The summed E-state index contributed by atoms with van der Waals surface area (Å²) in [5.74, 6) is -0.826. The number of nitrogens with zero attached hydrogens (tertiary/aromatic N) is 1. The largest absolute Gasteiger partial charge is 0.416 e. The molecule has 0 saturated carbocycles. The van der Waals surface area contributed by atoms with Crippen LogP contribution < -0.4 is 10.6 Å². The summed E-state index contributed by atoms with van der Waals surface area (Å²) in [6.07, 6.45) is -3.42. The molecular weight excluding hydrogens is 490 g/mol. The number of carbonyl (C=O) groups is 2. The van der Waals surface area contributed by atoms with Crippen LogP contribution in [0.5, 0.6) is 0 Å². The van der Waals surface area contributed by atoms with Gasteiger partial charge in [-0.3, -0.25) is 10.1 Å². The van der Waals surface area contributed by atoms with Crippen molar-refractivity contribution >= 4 is 51.6 Å². The van der Waals surface area contributed by atoms with Crippen molar-refractivity contribution in [1.29, 1.82) is 0 Å². The van der Waals surface area contributed by atoms with Gasteiger partial charge >= 0.3 is 12.2 Å². The van der Waals surface area contributed by atoms with Gasteiger partial charge in [0.25, 0.3) is 5.91 Å². The molecule has 0 aliphatic rings. The van der Waals surface area contributed by atoms with Gasteiger partial charge in [0.2, 0.25) is 0 Å². The summed E-state index contributed by atoms with van der Waals surface area (Å²) >= 11 is 11.8. The summed E-state index contributed by atoms with van der Waals surface area (Å²) in [6, 6.07) is 10.2. The van der Waals surface area contributed by atoms with Gasteiger partial charge < -0.3 is 5.32 Å². The first-order valence-electron chi connectivity index (χ1n) is 8.67. The monoisotopic (exact) mass is 501 g/mol. The molecule has 3 rings (SSSR count). The summed E-state index contributed by atoms with van der Waals surface area (Å²) in [4.78, 5) is 28.1. The molecule has 0 spiro atoms. The number of alkyl halides is 3. The second kappa shape index (κ2) is 9.68. The molecule has 6 nitrogen and oxygen atoms in total. The number of anilines is 1. The van der Waals surface area contributed by atoms with E-state index in [4.69, 9.17) is 23.2 Å². The molecule has 0 aliphatic carbocycles. The zero-order valence-corrected chi connectivity index (χ0v) is 18.1. The minimum Gasteiger partial charge on any atom is -0.306 e. The fourth-order valence-electron chi connectivity index (χ4n) is 2.52. The maximum Gasteiger partial charge on any atom is 0.416 e. The average molecular weight is 502 g/mol. The molecule has 166 valence electrons. The Labute approximate surface area is 192 Å². The topological polar surface area (TPSA) is 88.2 Å². The molecule has 1 heterocycles. The van der Waals surface area contributed by atoms with E-state index in [-0.39, 0.29) is 31.2 Å². The third kappa shape index (κ3) is 5.64. The number of urea groups is 1. The highest BCUT2D eigenvalue weighted by molar-refractivity contribution is 7.85. The predicted octanol–water partition coefficient (Wildman–Crippen LogP) is 5.54. The molecule has 3 amide bonds. The third-order valence-corrected chi connectivity index (χ3v) is 5.91. The standard InChI is InChI=1S/C20H12Cl2F3N3O3S/c21-14-5-2-6-15(22)17(14)18(29)28-19(30)27-12-7-8-16(26-10-12)32(31)13-4-1-3-11(9-13)20(23,24)25/h1-10H,(H2,27,28,29,30). The van der Waals surface area contributed by atoms with Crippen molar-refractivity contribution < 1.29 is 27.0 Å². The SMILES string of the molecule is O=C(NC(=O)c1c(Cl)cccc1Cl)Nc1ccc(S(=O)c2cccc(C(F)(F)F)c2)nc1. The fraction of sp³-hybridized carbons (Fsp3) is 0.0500. The van der Waals surface area contributed by atoms with E-state index in [0.717, 1.165) is 24.4 Å². The number of pyridine rings is 1. The van der Waals surface area contributed by atoms with Gasteiger partial charge in [-0.05, 0) is 42.5 Å². The van der Waals surface area contributed by atoms with Crippen LogP contribution in [0.15, 0.2) is 70.7 Å². The predicted molar refractivity (Wildman–Crippen MR) is 113 cm³/mol. The van der Waals surface area contributed by atoms with Crippen molar-refractivity contribution in [3.63, 3.8) is 0 Å². The van der Waals surface area contributed by atoms with Gasteiger partial charge in [-0.2, -0.15) is 13.2 Å². The van der Waals surface area contributed by atoms with E-state index in [9.17, 15) is 27.0 Å². The number of rotatable bonds is 4. The van der Waals surface area contributed by atoms with Crippen molar-refractivity contribution in [2.24, 2.45) is 0 Å². The molecule has 12 heteroatoms. The van der Waals surface area contributed by atoms with E-state index in [0.29, 0.717) is 0 Å². The maximum absolute atomic E-state index is 12.9. The molecule has 2 N–H and O–H groups in total. The Bertz CT molecular complexity index is 1180. The van der Waals surface area contributed by atoms with Gasteiger partial charge in [0.1, 0.15) is 15.8 Å². The summed E-state index contributed by atoms with van der Waals surface area (Å²) in [7, 11) is -1.98.